The van der Waals surface area contributed by atoms with Crippen molar-refractivity contribution in [3.05, 3.63) is 0 Å². The molecule has 0 amide bonds. The second-order valence-electron chi connectivity index (χ2n) is 5.01. The van der Waals surface area contributed by atoms with Crippen molar-refractivity contribution in [2.75, 3.05) is 13.2 Å². The van der Waals surface area contributed by atoms with E-state index >= 15 is 0 Å². The van der Waals surface area contributed by atoms with Gasteiger partial charge in [-0.3, -0.25) is 0 Å². The van der Waals surface area contributed by atoms with Crippen LogP contribution in [-0.4, -0.2) is 25.3 Å². The molecule has 0 heterocycles. The van der Waals surface area contributed by atoms with E-state index in [1.807, 2.05) is 0 Å². The van der Waals surface area contributed by atoms with Gasteiger partial charge in [-0.2, -0.15) is 0 Å². The summed E-state index contributed by atoms with van der Waals surface area (Å²) in [6, 6.07) is 0.750. The van der Waals surface area contributed by atoms with Crippen LogP contribution in [0.25, 0.3) is 0 Å². The first kappa shape index (κ1) is 13.0. The molecular formula is C13H27NO. The Hall–Kier alpha value is -0.0800. The smallest absolute Gasteiger partial charge is 0.0594 e. The van der Waals surface area contributed by atoms with Crippen LogP contribution in [0.4, 0.5) is 0 Å². The first-order chi connectivity index (χ1) is 7.22. The van der Waals surface area contributed by atoms with Gasteiger partial charge in [0.25, 0.3) is 0 Å². The summed E-state index contributed by atoms with van der Waals surface area (Å²) in [6.07, 6.45) is 7.29. The molecule has 0 radical (unpaired) electrons. The lowest BCUT2D eigenvalue weighted by Crippen LogP contribution is -2.36. The quantitative estimate of drug-likeness (QED) is 0.685. The fourth-order valence-electron chi connectivity index (χ4n) is 2.40. The fourth-order valence-corrected chi connectivity index (χ4v) is 2.40. The molecule has 0 bridgehead atoms. The maximum absolute atomic E-state index is 5.52. The molecule has 0 aliphatic heterocycles. The van der Waals surface area contributed by atoms with E-state index in [4.69, 9.17) is 4.74 Å². The molecular weight excluding hydrogens is 186 g/mol. The first-order valence-corrected chi connectivity index (χ1v) is 6.57. The number of hydrogen-bond acceptors (Lipinski definition) is 2. The largest absolute Gasteiger partial charge is 0.377 e. The summed E-state index contributed by atoms with van der Waals surface area (Å²) in [5.74, 6) is 0.960. The summed E-state index contributed by atoms with van der Waals surface area (Å²) in [6.45, 7) is 8.36. The Kier molecular flexibility index (Phi) is 6.26. The molecule has 0 spiro atoms. The molecule has 1 rings (SSSR count). The molecule has 1 N–H and O–H groups in total. The van der Waals surface area contributed by atoms with Gasteiger partial charge in [-0.25, -0.2) is 0 Å². The topological polar surface area (TPSA) is 21.3 Å². The van der Waals surface area contributed by atoms with Gasteiger partial charge in [-0.1, -0.05) is 26.2 Å². The molecule has 90 valence electrons. The van der Waals surface area contributed by atoms with Crippen LogP contribution in [0.1, 0.15) is 52.9 Å². The van der Waals surface area contributed by atoms with Crippen molar-refractivity contribution in [3.63, 3.8) is 0 Å². The zero-order chi connectivity index (χ0) is 11.1. The van der Waals surface area contributed by atoms with Crippen LogP contribution >= 0.6 is 0 Å². The molecule has 0 aromatic rings. The van der Waals surface area contributed by atoms with Gasteiger partial charge >= 0.3 is 0 Å². The van der Waals surface area contributed by atoms with E-state index in [1.165, 1.54) is 32.1 Å². The zero-order valence-electron chi connectivity index (χ0n) is 10.6. The highest BCUT2D eigenvalue weighted by atomic mass is 16.5. The number of hydrogen-bond donors (Lipinski definition) is 1. The highest BCUT2D eigenvalue weighted by Gasteiger charge is 2.19. The van der Waals surface area contributed by atoms with Crippen LogP contribution in [0.15, 0.2) is 0 Å². The van der Waals surface area contributed by atoms with E-state index in [0.29, 0.717) is 6.10 Å². The zero-order valence-corrected chi connectivity index (χ0v) is 10.6. The fraction of sp³-hybridized carbons (Fsp3) is 1.00. The van der Waals surface area contributed by atoms with Gasteiger partial charge in [0.15, 0.2) is 0 Å². The molecule has 2 unspecified atom stereocenters. The normalized spacial score (nSPS) is 27.2. The molecule has 1 saturated carbocycles. The maximum atomic E-state index is 5.52. The van der Waals surface area contributed by atoms with Crippen LogP contribution in [0.5, 0.6) is 0 Å². The highest BCUT2D eigenvalue weighted by Crippen LogP contribution is 2.26. The predicted molar refractivity (Wildman–Crippen MR) is 65.1 cm³/mol. The third-order valence-corrected chi connectivity index (χ3v) is 3.35. The third kappa shape index (κ3) is 5.53. The van der Waals surface area contributed by atoms with E-state index in [2.05, 4.69) is 26.1 Å². The Morgan fingerprint density at radius 2 is 2.13 bits per heavy atom. The van der Waals surface area contributed by atoms with Crippen molar-refractivity contribution >= 4 is 0 Å². The SMILES string of the molecule is CCC1CCCC(NCCOC(C)C)C1. The van der Waals surface area contributed by atoms with Crippen molar-refractivity contribution in [2.45, 2.75) is 65.0 Å². The summed E-state index contributed by atoms with van der Waals surface area (Å²) >= 11 is 0. The minimum Gasteiger partial charge on any atom is -0.377 e. The van der Waals surface area contributed by atoms with E-state index in [-0.39, 0.29) is 0 Å². The van der Waals surface area contributed by atoms with Gasteiger partial charge in [0.05, 0.1) is 12.7 Å². The van der Waals surface area contributed by atoms with Crippen LogP contribution in [-0.2, 0) is 4.74 Å². The lowest BCUT2D eigenvalue weighted by Gasteiger charge is -2.29. The summed E-state index contributed by atoms with van der Waals surface area (Å²) in [5, 5.41) is 3.62. The minimum absolute atomic E-state index is 0.363. The molecule has 1 fully saturated rings. The highest BCUT2D eigenvalue weighted by molar-refractivity contribution is 4.77. The molecule has 2 heteroatoms. The van der Waals surface area contributed by atoms with Crippen LogP contribution in [0, 0.1) is 5.92 Å². The molecule has 15 heavy (non-hydrogen) atoms. The summed E-state index contributed by atoms with van der Waals surface area (Å²) in [5.41, 5.74) is 0. The Labute approximate surface area is 94.8 Å². The summed E-state index contributed by atoms with van der Waals surface area (Å²) < 4.78 is 5.52. The van der Waals surface area contributed by atoms with Crippen LogP contribution < -0.4 is 5.32 Å². The second-order valence-corrected chi connectivity index (χ2v) is 5.01. The van der Waals surface area contributed by atoms with Gasteiger partial charge in [0.1, 0.15) is 0 Å². The van der Waals surface area contributed by atoms with E-state index in [9.17, 15) is 0 Å². The molecule has 0 aromatic heterocycles. The van der Waals surface area contributed by atoms with Crippen molar-refractivity contribution in [1.82, 2.24) is 5.32 Å². The average Bonchev–Trinajstić information content (AvgIpc) is 2.24. The predicted octanol–water partition coefficient (Wildman–Crippen LogP) is 2.97. The van der Waals surface area contributed by atoms with Gasteiger partial charge in [0, 0.05) is 12.6 Å². The Morgan fingerprint density at radius 3 is 2.80 bits per heavy atom. The lowest BCUT2D eigenvalue weighted by molar-refractivity contribution is 0.0777. The standard InChI is InChI=1S/C13H27NO/c1-4-12-6-5-7-13(10-12)14-8-9-15-11(2)3/h11-14H,4-10H2,1-3H3. The van der Waals surface area contributed by atoms with Crippen molar-refractivity contribution in [1.29, 1.82) is 0 Å². The Morgan fingerprint density at radius 1 is 1.33 bits per heavy atom. The summed E-state index contributed by atoms with van der Waals surface area (Å²) in [4.78, 5) is 0. The molecule has 2 nitrogen and oxygen atoms in total. The number of rotatable bonds is 6. The van der Waals surface area contributed by atoms with Crippen LogP contribution in [0.2, 0.25) is 0 Å². The number of nitrogens with one attached hydrogen (secondary N) is 1. The minimum atomic E-state index is 0.363. The Balaban J connectivity index is 2.05. The molecule has 2 atom stereocenters. The van der Waals surface area contributed by atoms with Crippen molar-refractivity contribution in [2.24, 2.45) is 5.92 Å². The van der Waals surface area contributed by atoms with Gasteiger partial charge in [-0.05, 0) is 32.6 Å². The van der Waals surface area contributed by atoms with Gasteiger partial charge < -0.3 is 10.1 Å². The average molecular weight is 213 g/mol. The van der Waals surface area contributed by atoms with Gasteiger partial charge in [0.2, 0.25) is 0 Å². The molecule has 1 aliphatic carbocycles. The van der Waals surface area contributed by atoms with Crippen LogP contribution in [0.3, 0.4) is 0 Å². The van der Waals surface area contributed by atoms with E-state index in [0.717, 1.165) is 25.1 Å². The maximum Gasteiger partial charge on any atom is 0.0594 e. The Bertz CT molecular complexity index is 159. The third-order valence-electron chi connectivity index (χ3n) is 3.35. The van der Waals surface area contributed by atoms with E-state index < -0.39 is 0 Å². The molecule has 1 aliphatic rings. The second kappa shape index (κ2) is 7.24. The summed E-state index contributed by atoms with van der Waals surface area (Å²) in [7, 11) is 0. The van der Waals surface area contributed by atoms with Crippen molar-refractivity contribution < 1.29 is 4.74 Å². The number of ether oxygens (including phenoxy) is 1. The van der Waals surface area contributed by atoms with E-state index in [1.54, 1.807) is 0 Å². The monoisotopic (exact) mass is 213 g/mol. The van der Waals surface area contributed by atoms with Crippen molar-refractivity contribution in [3.8, 4) is 0 Å². The first-order valence-electron chi connectivity index (χ1n) is 6.57. The lowest BCUT2D eigenvalue weighted by atomic mass is 9.84. The molecule has 0 aromatic carbocycles. The molecule has 0 saturated heterocycles. The van der Waals surface area contributed by atoms with Gasteiger partial charge in [-0.15, -0.1) is 0 Å².